The number of aliphatic hydroxyl groups is 1. The smallest absolute Gasteiger partial charge is 0.391 e. The van der Waals surface area contributed by atoms with Crippen LogP contribution in [0.1, 0.15) is 18.9 Å². The van der Waals surface area contributed by atoms with Gasteiger partial charge >= 0.3 is 12.2 Å². The molecule has 0 spiro atoms. The minimum atomic E-state index is -4.34. The average molecular weight is 316 g/mol. The highest BCUT2D eigenvalue weighted by Gasteiger charge is 2.30. The van der Waals surface area contributed by atoms with Gasteiger partial charge in [0, 0.05) is 18.8 Å². The molecule has 2 amide bonds. The molecule has 1 aliphatic rings. The highest BCUT2D eigenvalue weighted by molar-refractivity contribution is 5.90. The number of piperidine rings is 1. The summed E-state index contributed by atoms with van der Waals surface area (Å²) in [7, 11) is 0. The van der Waals surface area contributed by atoms with E-state index < -0.39 is 24.7 Å². The van der Waals surface area contributed by atoms with Crippen molar-refractivity contribution in [3.63, 3.8) is 0 Å². The summed E-state index contributed by atoms with van der Waals surface area (Å²) in [6, 6.07) is 5.38. The van der Waals surface area contributed by atoms with Gasteiger partial charge in [-0.2, -0.15) is 13.2 Å². The number of benzene rings is 1. The SMILES string of the molecule is CC1CCN(C(=O)Nc2ccccc2CC(F)(F)F)CC1O. The second-order valence-electron chi connectivity index (χ2n) is 5.66. The Morgan fingerprint density at radius 3 is 2.73 bits per heavy atom. The zero-order valence-corrected chi connectivity index (χ0v) is 12.2. The molecule has 2 rings (SSSR count). The van der Waals surface area contributed by atoms with E-state index in [4.69, 9.17) is 0 Å². The van der Waals surface area contributed by atoms with E-state index in [9.17, 15) is 23.1 Å². The van der Waals surface area contributed by atoms with Crippen molar-refractivity contribution >= 4 is 11.7 Å². The van der Waals surface area contributed by atoms with Crippen LogP contribution in [-0.4, -0.2) is 41.4 Å². The Morgan fingerprint density at radius 2 is 2.09 bits per heavy atom. The van der Waals surface area contributed by atoms with Crippen LogP contribution in [0.4, 0.5) is 23.7 Å². The Kier molecular flexibility index (Phi) is 4.95. The fourth-order valence-electron chi connectivity index (χ4n) is 2.44. The van der Waals surface area contributed by atoms with Crippen LogP contribution in [0.3, 0.4) is 0 Å². The summed E-state index contributed by atoms with van der Waals surface area (Å²) < 4.78 is 37.7. The van der Waals surface area contributed by atoms with Crippen molar-refractivity contribution in [2.24, 2.45) is 5.92 Å². The standard InChI is InChI=1S/C15H19F3N2O2/c1-10-6-7-20(9-13(10)21)14(22)19-12-5-3-2-4-11(12)8-15(16,17)18/h2-5,10,13,21H,6-9H2,1H3,(H,19,22). The Balaban J connectivity index is 2.06. The summed E-state index contributed by atoms with van der Waals surface area (Å²) in [5.41, 5.74) is 0.173. The van der Waals surface area contributed by atoms with Crippen LogP contribution in [0.2, 0.25) is 0 Å². The molecular weight excluding hydrogens is 297 g/mol. The highest BCUT2D eigenvalue weighted by Crippen LogP contribution is 2.26. The summed E-state index contributed by atoms with van der Waals surface area (Å²) in [5.74, 6) is 0.113. The van der Waals surface area contributed by atoms with Crippen molar-refractivity contribution in [1.29, 1.82) is 0 Å². The van der Waals surface area contributed by atoms with Gasteiger partial charge in [-0.1, -0.05) is 25.1 Å². The molecule has 7 heteroatoms. The third kappa shape index (κ3) is 4.37. The number of urea groups is 1. The number of halogens is 3. The number of para-hydroxylation sites is 1. The fourth-order valence-corrected chi connectivity index (χ4v) is 2.44. The van der Waals surface area contributed by atoms with E-state index in [0.29, 0.717) is 13.0 Å². The van der Waals surface area contributed by atoms with Gasteiger partial charge < -0.3 is 15.3 Å². The Hall–Kier alpha value is -1.76. The number of hydrogen-bond acceptors (Lipinski definition) is 2. The number of hydrogen-bond donors (Lipinski definition) is 2. The molecule has 1 aromatic rings. The number of carbonyl (C=O) groups is 1. The van der Waals surface area contributed by atoms with Crippen LogP contribution in [0.5, 0.6) is 0 Å². The molecule has 0 radical (unpaired) electrons. The van der Waals surface area contributed by atoms with Gasteiger partial charge in [-0.05, 0) is 24.0 Å². The second-order valence-corrected chi connectivity index (χ2v) is 5.66. The molecule has 4 nitrogen and oxygen atoms in total. The Morgan fingerprint density at radius 1 is 1.41 bits per heavy atom. The molecular formula is C15H19F3N2O2. The molecule has 1 aliphatic heterocycles. The van der Waals surface area contributed by atoms with Crippen molar-refractivity contribution in [3.8, 4) is 0 Å². The molecule has 2 N–H and O–H groups in total. The number of aliphatic hydroxyl groups excluding tert-OH is 1. The van der Waals surface area contributed by atoms with Crippen molar-refractivity contribution < 1.29 is 23.1 Å². The van der Waals surface area contributed by atoms with E-state index >= 15 is 0 Å². The molecule has 122 valence electrons. The first kappa shape index (κ1) is 16.6. The lowest BCUT2D eigenvalue weighted by Gasteiger charge is -2.34. The van der Waals surface area contributed by atoms with E-state index in [2.05, 4.69) is 5.32 Å². The van der Waals surface area contributed by atoms with E-state index in [0.717, 1.165) is 0 Å². The Bertz CT molecular complexity index is 534. The van der Waals surface area contributed by atoms with Crippen molar-refractivity contribution in [2.45, 2.75) is 32.0 Å². The van der Waals surface area contributed by atoms with Crippen LogP contribution in [0.25, 0.3) is 0 Å². The van der Waals surface area contributed by atoms with Gasteiger partial charge in [-0.3, -0.25) is 0 Å². The summed E-state index contributed by atoms with van der Waals surface area (Å²) in [5, 5.41) is 12.3. The van der Waals surface area contributed by atoms with Crippen LogP contribution in [0, 0.1) is 5.92 Å². The van der Waals surface area contributed by atoms with Crippen molar-refractivity contribution in [3.05, 3.63) is 29.8 Å². The summed E-state index contributed by atoms with van der Waals surface area (Å²) in [6.45, 7) is 2.57. The molecule has 0 aromatic heterocycles. The molecule has 0 aliphatic carbocycles. The highest BCUT2D eigenvalue weighted by atomic mass is 19.4. The number of anilines is 1. The topological polar surface area (TPSA) is 52.6 Å². The number of amides is 2. The molecule has 1 saturated heterocycles. The van der Waals surface area contributed by atoms with Gasteiger partial charge in [-0.15, -0.1) is 0 Å². The monoisotopic (exact) mass is 316 g/mol. The molecule has 1 aromatic carbocycles. The third-order valence-electron chi connectivity index (χ3n) is 3.86. The first-order chi connectivity index (χ1) is 10.3. The van der Waals surface area contributed by atoms with E-state index in [1.807, 2.05) is 6.92 Å². The maximum atomic E-state index is 12.6. The predicted molar refractivity (Wildman–Crippen MR) is 76.6 cm³/mol. The third-order valence-corrected chi connectivity index (χ3v) is 3.86. The normalized spacial score (nSPS) is 22.5. The van der Waals surface area contributed by atoms with E-state index in [-0.39, 0.29) is 23.7 Å². The predicted octanol–water partition coefficient (Wildman–Crippen LogP) is 3.03. The first-order valence-corrected chi connectivity index (χ1v) is 7.15. The molecule has 0 saturated carbocycles. The van der Waals surface area contributed by atoms with Crippen LogP contribution in [0.15, 0.2) is 24.3 Å². The molecule has 2 atom stereocenters. The summed E-state index contributed by atoms with van der Waals surface area (Å²) in [4.78, 5) is 13.6. The van der Waals surface area contributed by atoms with Crippen molar-refractivity contribution in [2.75, 3.05) is 18.4 Å². The summed E-state index contributed by atoms with van der Waals surface area (Å²) in [6.07, 6.45) is -5.37. The summed E-state index contributed by atoms with van der Waals surface area (Å²) >= 11 is 0. The van der Waals surface area contributed by atoms with Gasteiger partial charge in [0.1, 0.15) is 0 Å². The quantitative estimate of drug-likeness (QED) is 0.881. The fraction of sp³-hybridized carbons (Fsp3) is 0.533. The number of nitrogens with one attached hydrogen (secondary N) is 1. The van der Waals surface area contributed by atoms with E-state index in [1.54, 1.807) is 6.07 Å². The van der Waals surface area contributed by atoms with Gasteiger partial charge in [-0.25, -0.2) is 4.79 Å². The second kappa shape index (κ2) is 6.56. The minimum Gasteiger partial charge on any atom is -0.391 e. The number of likely N-dealkylation sites (tertiary alicyclic amines) is 1. The molecule has 1 heterocycles. The van der Waals surface area contributed by atoms with Gasteiger partial charge in [0.2, 0.25) is 0 Å². The average Bonchev–Trinajstić information content (AvgIpc) is 2.42. The lowest BCUT2D eigenvalue weighted by atomic mass is 9.96. The van der Waals surface area contributed by atoms with Crippen molar-refractivity contribution in [1.82, 2.24) is 4.90 Å². The molecule has 2 unspecified atom stereocenters. The lowest BCUT2D eigenvalue weighted by molar-refractivity contribution is -0.127. The first-order valence-electron chi connectivity index (χ1n) is 7.15. The number of rotatable bonds is 2. The largest absolute Gasteiger partial charge is 0.393 e. The van der Waals surface area contributed by atoms with E-state index in [1.165, 1.54) is 23.1 Å². The Labute approximate surface area is 126 Å². The van der Waals surface area contributed by atoms with Crippen LogP contribution in [-0.2, 0) is 6.42 Å². The number of alkyl halides is 3. The molecule has 22 heavy (non-hydrogen) atoms. The number of β-amino-alcohol motifs (C(OH)–C–C–N with tert-alkyl or cyclic N) is 1. The van der Waals surface area contributed by atoms with Crippen LogP contribution >= 0.6 is 0 Å². The van der Waals surface area contributed by atoms with Gasteiger partial charge in [0.05, 0.1) is 12.5 Å². The minimum absolute atomic E-state index is 0.0225. The number of nitrogens with zero attached hydrogens (tertiary/aromatic N) is 1. The zero-order valence-electron chi connectivity index (χ0n) is 12.2. The van der Waals surface area contributed by atoms with Gasteiger partial charge in [0.15, 0.2) is 0 Å². The van der Waals surface area contributed by atoms with Crippen LogP contribution < -0.4 is 5.32 Å². The van der Waals surface area contributed by atoms with Gasteiger partial charge in [0.25, 0.3) is 0 Å². The maximum Gasteiger partial charge on any atom is 0.393 e. The molecule has 0 bridgehead atoms. The maximum absolute atomic E-state index is 12.6. The zero-order chi connectivity index (χ0) is 16.3. The lowest BCUT2D eigenvalue weighted by Crippen LogP contribution is -2.47. The number of carbonyl (C=O) groups excluding carboxylic acids is 1. The molecule has 1 fully saturated rings.